The molecule has 1 aliphatic heterocycles. The number of nitrogens with zero attached hydrogens (tertiary/aromatic N) is 1. The van der Waals surface area contributed by atoms with Crippen molar-refractivity contribution in [1.29, 1.82) is 0 Å². The summed E-state index contributed by atoms with van der Waals surface area (Å²) in [5.74, 6) is -1.30. The largest absolute Gasteiger partial charge is 0.484 e. The summed E-state index contributed by atoms with van der Waals surface area (Å²) in [4.78, 5) is 24.4. The van der Waals surface area contributed by atoms with E-state index < -0.39 is 23.7 Å². The number of halogens is 1. The van der Waals surface area contributed by atoms with Gasteiger partial charge in [0.15, 0.2) is 6.61 Å². The lowest BCUT2D eigenvalue weighted by Gasteiger charge is -2.24. The number of ether oxygens (including phenoxy) is 1. The van der Waals surface area contributed by atoms with Gasteiger partial charge in [0, 0.05) is 11.8 Å². The molecule has 7 heteroatoms. The molecule has 1 heterocycles. The van der Waals surface area contributed by atoms with Crippen LogP contribution in [0.25, 0.3) is 0 Å². The third-order valence-electron chi connectivity index (χ3n) is 2.95. The standard InChI is InChI=1S/C13H14FNO4S/c1-8-15(11(7-20-8)13(17)18)12(16)6-19-10-4-2-3-9(14)5-10/h2-5,8,11H,6-7H2,1H3,(H,17,18). The lowest BCUT2D eigenvalue weighted by atomic mass is 10.3. The number of thioether (sulfide) groups is 1. The number of hydrogen-bond acceptors (Lipinski definition) is 4. The van der Waals surface area contributed by atoms with E-state index >= 15 is 0 Å². The van der Waals surface area contributed by atoms with Gasteiger partial charge in [0.25, 0.3) is 5.91 Å². The number of carbonyl (C=O) groups excluding carboxylic acids is 1. The minimum absolute atomic E-state index is 0.209. The van der Waals surface area contributed by atoms with Crippen LogP contribution >= 0.6 is 11.8 Å². The quantitative estimate of drug-likeness (QED) is 0.914. The molecule has 0 bridgehead atoms. The molecule has 1 N–H and O–H groups in total. The molecule has 20 heavy (non-hydrogen) atoms. The summed E-state index contributed by atoms with van der Waals surface area (Å²) in [7, 11) is 0. The first kappa shape index (κ1) is 14.6. The Morgan fingerprint density at radius 2 is 2.30 bits per heavy atom. The molecule has 1 amide bonds. The Morgan fingerprint density at radius 1 is 1.55 bits per heavy atom. The zero-order valence-corrected chi connectivity index (χ0v) is 11.6. The minimum Gasteiger partial charge on any atom is -0.484 e. The summed E-state index contributed by atoms with van der Waals surface area (Å²) in [5, 5.41) is 8.87. The van der Waals surface area contributed by atoms with Crippen molar-refractivity contribution in [3.05, 3.63) is 30.1 Å². The molecule has 0 aliphatic carbocycles. The van der Waals surface area contributed by atoms with Gasteiger partial charge in [0.05, 0.1) is 5.37 Å². The third-order valence-corrected chi connectivity index (χ3v) is 4.17. The van der Waals surface area contributed by atoms with E-state index in [1.54, 1.807) is 6.92 Å². The summed E-state index contributed by atoms with van der Waals surface area (Å²) in [6, 6.07) is 4.62. The Morgan fingerprint density at radius 3 is 2.95 bits per heavy atom. The second kappa shape index (κ2) is 6.13. The SMILES string of the molecule is CC1SCC(C(=O)O)N1C(=O)COc1cccc(F)c1. The van der Waals surface area contributed by atoms with E-state index in [0.717, 1.165) is 0 Å². The molecular formula is C13H14FNO4S. The monoisotopic (exact) mass is 299 g/mol. The molecule has 0 saturated carbocycles. The average Bonchev–Trinajstić information content (AvgIpc) is 2.78. The van der Waals surface area contributed by atoms with Crippen LogP contribution in [-0.4, -0.2) is 45.7 Å². The fourth-order valence-corrected chi connectivity index (χ4v) is 3.18. The summed E-state index contributed by atoms with van der Waals surface area (Å²) in [6.45, 7) is 1.46. The van der Waals surface area contributed by atoms with Gasteiger partial charge in [-0.2, -0.15) is 0 Å². The van der Waals surface area contributed by atoms with E-state index in [-0.39, 0.29) is 17.7 Å². The van der Waals surface area contributed by atoms with E-state index in [9.17, 15) is 14.0 Å². The van der Waals surface area contributed by atoms with Gasteiger partial charge in [0.1, 0.15) is 17.6 Å². The number of benzene rings is 1. The second-order valence-corrected chi connectivity index (χ2v) is 5.68. The van der Waals surface area contributed by atoms with Crippen LogP contribution in [0.2, 0.25) is 0 Å². The molecule has 1 aromatic carbocycles. The van der Waals surface area contributed by atoms with Gasteiger partial charge >= 0.3 is 5.97 Å². The summed E-state index contributed by atoms with van der Waals surface area (Å²) in [6.07, 6.45) is 0. The zero-order valence-electron chi connectivity index (χ0n) is 10.8. The zero-order chi connectivity index (χ0) is 14.7. The molecular weight excluding hydrogens is 285 g/mol. The Kier molecular flexibility index (Phi) is 4.49. The first-order valence-electron chi connectivity index (χ1n) is 6.03. The third kappa shape index (κ3) is 3.22. The molecule has 1 fully saturated rings. The highest BCUT2D eigenvalue weighted by Crippen LogP contribution is 2.28. The van der Waals surface area contributed by atoms with Gasteiger partial charge in [0.2, 0.25) is 0 Å². The van der Waals surface area contributed by atoms with Crippen molar-refractivity contribution in [1.82, 2.24) is 4.90 Å². The molecule has 0 aromatic heterocycles. The summed E-state index contributed by atoms with van der Waals surface area (Å²) in [5.41, 5.74) is 0. The molecule has 0 radical (unpaired) electrons. The normalized spacial score (nSPS) is 21.8. The fraction of sp³-hybridized carbons (Fsp3) is 0.385. The maximum Gasteiger partial charge on any atom is 0.327 e. The predicted molar refractivity (Wildman–Crippen MR) is 72.1 cm³/mol. The molecule has 0 spiro atoms. The highest BCUT2D eigenvalue weighted by Gasteiger charge is 2.39. The van der Waals surface area contributed by atoms with Crippen LogP contribution in [0.15, 0.2) is 24.3 Å². The smallest absolute Gasteiger partial charge is 0.327 e. The minimum atomic E-state index is -1.03. The highest BCUT2D eigenvalue weighted by molar-refractivity contribution is 8.00. The predicted octanol–water partition coefficient (Wildman–Crippen LogP) is 1.58. The van der Waals surface area contributed by atoms with Crippen LogP contribution in [0, 0.1) is 5.82 Å². The molecule has 1 aliphatic rings. The lowest BCUT2D eigenvalue weighted by Crippen LogP contribution is -2.46. The Hall–Kier alpha value is -1.76. The van der Waals surface area contributed by atoms with Crippen molar-refractivity contribution in [2.75, 3.05) is 12.4 Å². The number of carbonyl (C=O) groups is 2. The number of carboxylic acids is 1. The van der Waals surface area contributed by atoms with Crippen LogP contribution in [0.4, 0.5) is 4.39 Å². The van der Waals surface area contributed by atoms with Crippen LogP contribution in [0.5, 0.6) is 5.75 Å². The van der Waals surface area contributed by atoms with Gasteiger partial charge in [-0.05, 0) is 19.1 Å². The van der Waals surface area contributed by atoms with E-state index in [1.807, 2.05) is 0 Å². The molecule has 1 saturated heterocycles. The summed E-state index contributed by atoms with van der Waals surface area (Å²) < 4.78 is 18.2. The fourth-order valence-electron chi connectivity index (χ4n) is 1.99. The van der Waals surface area contributed by atoms with Gasteiger partial charge < -0.3 is 14.7 Å². The topological polar surface area (TPSA) is 66.8 Å². The van der Waals surface area contributed by atoms with Gasteiger partial charge in [-0.3, -0.25) is 4.79 Å². The average molecular weight is 299 g/mol. The van der Waals surface area contributed by atoms with E-state index in [0.29, 0.717) is 5.75 Å². The first-order valence-corrected chi connectivity index (χ1v) is 7.08. The van der Waals surface area contributed by atoms with E-state index in [4.69, 9.17) is 9.84 Å². The Balaban J connectivity index is 1.99. The highest BCUT2D eigenvalue weighted by atomic mass is 32.2. The van der Waals surface area contributed by atoms with Crippen molar-refractivity contribution in [3.8, 4) is 5.75 Å². The van der Waals surface area contributed by atoms with Crippen molar-refractivity contribution in [2.24, 2.45) is 0 Å². The molecule has 2 atom stereocenters. The number of aliphatic carboxylic acids is 1. The lowest BCUT2D eigenvalue weighted by molar-refractivity contribution is -0.149. The maximum absolute atomic E-state index is 13.0. The van der Waals surface area contributed by atoms with Crippen LogP contribution in [0.1, 0.15) is 6.92 Å². The van der Waals surface area contributed by atoms with E-state index in [2.05, 4.69) is 0 Å². The van der Waals surface area contributed by atoms with Gasteiger partial charge in [-0.25, -0.2) is 9.18 Å². The second-order valence-electron chi connectivity index (χ2n) is 4.33. The van der Waals surface area contributed by atoms with Crippen molar-refractivity contribution in [2.45, 2.75) is 18.3 Å². The van der Waals surface area contributed by atoms with Crippen LogP contribution in [-0.2, 0) is 9.59 Å². The Labute approximate surface area is 119 Å². The molecule has 5 nitrogen and oxygen atoms in total. The van der Waals surface area contributed by atoms with Crippen LogP contribution in [0.3, 0.4) is 0 Å². The number of hydrogen-bond donors (Lipinski definition) is 1. The number of carboxylic acid groups (broad SMARTS) is 1. The van der Waals surface area contributed by atoms with Gasteiger partial charge in [-0.15, -0.1) is 11.8 Å². The molecule has 2 rings (SSSR count). The Bertz CT molecular complexity index is 525. The molecule has 108 valence electrons. The van der Waals surface area contributed by atoms with Gasteiger partial charge in [-0.1, -0.05) is 6.07 Å². The number of rotatable bonds is 4. The van der Waals surface area contributed by atoms with Crippen molar-refractivity contribution < 1.29 is 23.8 Å². The molecule has 2 unspecified atom stereocenters. The summed E-state index contributed by atoms with van der Waals surface area (Å²) >= 11 is 1.40. The number of amides is 1. The van der Waals surface area contributed by atoms with Crippen molar-refractivity contribution in [3.63, 3.8) is 0 Å². The molecule has 1 aromatic rings. The van der Waals surface area contributed by atoms with Crippen molar-refractivity contribution >= 4 is 23.6 Å². The van der Waals surface area contributed by atoms with Crippen LogP contribution < -0.4 is 4.74 Å². The first-order chi connectivity index (χ1) is 9.49. The maximum atomic E-state index is 13.0. The van der Waals surface area contributed by atoms with E-state index in [1.165, 1.54) is 40.9 Å².